The first-order valence-electron chi connectivity index (χ1n) is 24.8. The summed E-state index contributed by atoms with van der Waals surface area (Å²) in [5.74, 6) is 8.57. The Morgan fingerprint density at radius 3 is 1.54 bits per heavy atom. The van der Waals surface area contributed by atoms with Gasteiger partial charge in [-0.05, 0) is 177 Å². The van der Waals surface area contributed by atoms with E-state index in [9.17, 15) is 10.2 Å². The molecule has 0 aromatic rings. The fourth-order valence-electron chi connectivity index (χ4n) is 15.6. The molecule has 0 amide bonds. The van der Waals surface area contributed by atoms with Crippen molar-refractivity contribution in [3.05, 3.63) is 58.7 Å². The Balaban J connectivity index is 0.000000174. The third-order valence-electron chi connectivity index (χ3n) is 19.8. The average molecular weight is 781 g/mol. The summed E-state index contributed by atoms with van der Waals surface area (Å²) in [6.07, 6.45) is 36.2. The predicted octanol–water partition coefficient (Wildman–Crippen LogP) is 14.6. The fraction of sp³-hybridized carbons (Fsp3) is 0.818. The Bertz CT molecular complexity index is 1590. The minimum absolute atomic E-state index is 0.106. The predicted molar refractivity (Wildman–Crippen MR) is 243 cm³/mol. The maximum atomic E-state index is 10.2. The molecule has 0 heterocycles. The lowest BCUT2D eigenvalue weighted by molar-refractivity contribution is 0.0323. The number of fused-ring (bicyclic) bond motifs is 10. The van der Waals surface area contributed by atoms with Crippen molar-refractivity contribution in [1.29, 1.82) is 0 Å². The van der Waals surface area contributed by atoms with Crippen molar-refractivity contribution in [2.45, 2.75) is 198 Å². The fourth-order valence-corrected chi connectivity index (χ4v) is 15.6. The smallest absolute Gasteiger partial charge is 0.0578 e. The third-order valence-corrected chi connectivity index (χ3v) is 19.8. The normalized spacial score (nSPS) is 43.8. The van der Waals surface area contributed by atoms with E-state index in [2.05, 4.69) is 113 Å². The minimum Gasteiger partial charge on any atom is -0.393 e. The van der Waals surface area contributed by atoms with Crippen LogP contribution in [0.25, 0.3) is 0 Å². The van der Waals surface area contributed by atoms with E-state index in [0.29, 0.717) is 33.5 Å². The largest absolute Gasteiger partial charge is 0.393 e. The number of hydrogen-bond acceptors (Lipinski definition) is 2. The SMILES string of the molecule is CC(C)CCC[C@@H](C)[C@H]1CC[C@H]2C3=CC=C4C[C@@H](O)CC[C@]4(C)[C@H]3CC[C@]12C.CC(C)[C@@H](C)/C=C/[C@@H](C)[C@H]1CC[C@H]2C3=CC=C4C[C@@H](O)CC[C@]4(C)[C@H]3CC[C@]12C. The van der Waals surface area contributed by atoms with Crippen LogP contribution in [0.3, 0.4) is 0 Å². The van der Waals surface area contributed by atoms with Gasteiger partial charge in [0.05, 0.1) is 12.2 Å². The van der Waals surface area contributed by atoms with Crippen molar-refractivity contribution in [3.63, 3.8) is 0 Å². The summed E-state index contributed by atoms with van der Waals surface area (Å²) in [7, 11) is 0. The Morgan fingerprint density at radius 2 is 1.05 bits per heavy atom. The van der Waals surface area contributed by atoms with Crippen LogP contribution in [0.4, 0.5) is 0 Å². The van der Waals surface area contributed by atoms with Crippen molar-refractivity contribution in [2.24, 2.45) is 86.8 Å². The molecule has 320 valence electrons. The van der Waals surface area contributed by atoms with Gasteiger partial charge in [0.2, 0.25) is 0 Å². The van der Waals surface area contributed by atoms with E-state index < -0.39 is 0 Å². The lowest BCUT2D eigenvalue weighted by atomic mass is 9.50. The quantitative estimate of drug-likeness (QED) is 0.229. The first-order valence-corrected chi connectivity index (χ1v) is 24.8. The van der Waals surface area contributed by atoms with Gasteiger partial charge in [-0.2, -0.15) is 0 Å². The van der Waals surface area contributed by atoms with Gasteiger partial charge in [0.15, 0.2) is 0 Å². The van der Waals surface area contributed by atoms with Gasteiger partial charge in [0.25, 0.3) is 0 Å². The van der Waals surface area contributed by atoms with Crippen LogP contribution in [0.2, 0.25) is 0 Å². The summed E-state index contributed by atoms with van der Waals surface area (Å²) >= 11 is 0. The summed E-state index contributed by atoms with van der Waals surface area (Å²) in [6, 6.07) is 0. The molecule has 6 fully saturated rings. The van der Waals surface area contributed by atoms with Gasteiger partial charge in [0, 0.05) is 0 Å². The Labute approximate surface area is 352 Å². The Morgan fingerprint density at radius 1 is 0.561 bits per heavy atom. The van der Waals surface area contributed by atoms with Gasteiger partial charge < -0.3 is 10.2 Å². The van der Waals surface area contributed by atoms with Crippen LogP contribution >= 0.6 is 0 Å². The molecule has 0 saturated heterocycles. The number of allylic oxidation sites excluding steroid dienone is 8. The molecule has 2 N–H and O–H groups in total. The monoisotopic (exact) mass is 781 g/mol. The molecule has 0 spiro atoms. The van der Waals surface area contributed by atoms with E-state index in [1.807, 2.05) is 0 Å². The summed E-state index contributed by atoms with van der Waals surface area (Å²) in [4.78, 5) is 0. The highest BCUT2D eigenvalue weighted by Gasteiger charge is 2.58. The summed E-state index contributed by atoms with van der Waals surface area (Å²) in [5.41, 5.74) is 8.26. The molecular weight excluding hydrogens is 693 g/mol. The van der Waals surface area contributed by atoms with Crippen LogP contribution in [0.15, 0.2) is 58.7 Å². The minimum atomic E-state index is -0.116. The van der Waals surface area contributed by atoms with E-state index >= 15 is 0 Å². The van der Waals surface area contributed by atoms with Crippen LogP contribution in [-0.4, -0.2) is 22.4 Å². The molecule has 0 aromatic carbocycles. The van der Waals surface area contributed by atoms with E-state index in [1.54, 1.807) is 16.7 Å². The first kappa shape index (κ1) is 43.7. The standard InChI is InChI=1S/C28H44O.C27H44O/c1-18(2)19(3)7-8-20(4)24-11-12-25-23-10-9-21-17-22(29)13-15-27(21,5)26(23)14-16-28(24,25)6;1-18(2)7-6-8-19(3)23-11-12-24-22-10-9-20-17-21(28)13-15-26(20,4)25(22)14-16-27(23,24)5/h7-10,18-20,22,24-26,29H,11-17H2,1-6H3;9-10,18-19,21,23-25,28H,6-8,11-17H2,1-5H3/b8-7+;/t19-,20+,22-,24+,25-,26-,27-,28+;19-,21+,23-,24+,25+,26+,27-/m01/s1. The van der Waals surface area contributed by atoms with Crippen molar-refractivity contribution in [3.8, 4) is 0 Å². The Hall–Kier alpha value is -1.38. The summed E-state index contributed by atoms with van der Waals surface area (Å²) in [5, 5.41) is 20.4. The first-order chi connectivity index (χ1) is 26.9. The number of aliphatic hydroxyl groups excluding tert-OH is 2. The number of aliphatic hydroxyl groups is 2. The zero-order valence-electron chi connectivity index (χ0n) is 38.9. The second kappa shape index (κ2) is 16.8. The molecule has 0 aromatic heterocycles. The third kappa shape index (κ3) is 7.99. The molecule has 2 nitrogen and oxygen atoms in total. The molecule has 0 aliphatic heterocycles. The van der Waals surface area contributed by atoms with Crippen LogP contribution in [-0.2, 0) is 0 Å². The lowest BCUT2D eigenvalue weighted by Gasteiger charge is -2.55. The molecule has 0 unspecified atom stereocenters. The maximum absolute atomic E-state index is 10.2. The van der Waals surface area contributed by atoms with Gasteiger partial charge in [0.1, 0.15) is 0 Å². The van der Waals surface area contributed by atoms with Crippen LogP contribution in [0, 0.1) is 86.8 Å². The lowest BCUT2D eigenvalue weighted by Crippen LogP contribution is -2.46. The molecule has 8 aliphatic rings. The van der Waals surface area contributed by atoms with E-state index in [-0.39, 0.29) is 12.2 Å². The molecule has 6 saturated carbocycles. The highest BCUT2D eigenvalue weighted by atomic mass is 16.3. The average Bonchev–Trinajstić information content (AvgIpc) is 3.71. The van der Waals surface area contributed by atoms with Gasteiger partial charge >= 0.3 is 0 Å². The van der Waals surface area contributed by atoms with Crippen LogP contribution in [0.1, 0.15) is 185 Å². The van der Waals surface area contributed by atoms with Gasteiger partial charge in [-0.25, -0.2) is 0 Å². The molecule has 0 radical (unpaired) electrons. The van der Waals surface area contributed by atoms with Crippen molar-refractivity contribution >= 4 is 0 Å². The van der Waals surface area contributed by atoms with Gasteiger partial charge in [-0.15, -0.1) is 0 Å². The second-order valence-corrected chi connectivity index (χ2v) is 23.7. The molecule has 15 atom stereocenters. The second-order valence-electron chi connectivity index (χ2n) is 23.7. The van der Waals surface area contributed by atoms with Crippen molar-refractivity contribution in [1.82, 2.24) is 0 Å². The molecular formula is C55H88O2. The molecule has 2 heteroatoms. The van der Waals surface area contributed by atoms with E-state index in [0.717, 1.165) is 78.9 Å². The van der Waals surface area contributed by atoms with Gasteiger partial charge in [-0.1, -0.05) is 154 Å². The van der Waals surface area contributed by atoms with Crippen LogP contribution in [0.5, 0.6) is 0 Å². The number of hydrogen-bond donors (Lipinski definition) is 2. The molecule has 8 rings (SSSR count). The topological polar surface area (TPSA) is 40.5 Å². The zero-order valence-corrected chi connectivity index (χ0v) is 38.9. The van der Waals surface area contributed by atoms with Crippen molar-refractivity contribution < 1.29 is 10.2 Å². The molecule has 57 heavy (non-hydrogen) atoms. The maximum Gasteiger partial charge on any atom is 0.0578 e. The number of rotatable bonds is 9. The van der Waals surface area contributed by atoms with Crippen molar-refractivity contribution in [2.75, 3.05) is 0 Å². The highest BCUT2D eigenvalue weighted by Crippen LogP contribution is 2.68. The Kier molecular flexibility index (Phi) is 12.9. The zero-order chi connectivity index (χ0) is 41.1. The van der Waals surface area contributed by atoms with Crippen LogP contribution < -0.4 is 0 Å². The molecule has 8 aliphatic carbocycles. The summed E-state index contributed by atoms with van der Waals surface area (Å²) in [6.45, 7) is 27.1. The van der Waals surface area contributed by atoms with E-state index in [4.69, 9.17) is 0 Å². The van der Waals surface area contributed by atoms with E-state index in [1.165, 1.54) is 89.0 Å². The molecule has 0 bridgehead atoms. The summed E-state index contributed by atoms with van der Waals surface area (Å²) < 4.78 is 0. The highest BCUT2D eigenvalue weighted by molar-refractivity contribution is 5.40. The van der Waals surface area contributed by atoms with Gasteiger partial charge in [-0.3, -0.25) is 0 Å².